The molecule has 30 heavy (non-hydrogen) atoms. The number of hydrogen-bond acceptors (Lipinski definition) is 4. The van der Waals surface area contributed by atoms with Crippen molar-refractivity contribution in [2.24, 2.45) is 0 Å². The van der Waals surface area contributed by atoms with Crippen LogP contribution in [0.25, 0.3) is 0 Å². The van der Waals surface area contributed by atoms with Gasteiger partial charge >= 0.3 is 0 Å². The maximum Gasteiger partial charge on any atom is 0.244 e. The van der Waals surface area contributed by atoms with Crippen molar-refractivity contribution in [1.29, 1.82) is 0 Å². The zero-order chi connectivity index (χ0) is 21.9. The molecule has 0 unspecified atom stereocenters. The Bertz CT molecular complexity index is 1010. The van der Waals surface area contributed by atoms with Crippen molar-refractivity contribution in [1.82, 2.24) is 14.1 Å². The molecule has 0 aromatic heterocycles. The Kier molecular flexibility index (Phi) is 7.36. The van der Waals surface area contributed by atoms with Crippen LogP contribution in [0.2, 0.25) is 10.0 Å². The summed E-state index contributed by atoms with van der Waals surface area (Å²) >= 11 is 12.1. The zero-order valence-electron chi connectivity index (χ0n) is 16.4. The molecule has 6 nitrogen and oxygen atoms in total. The van der Waals surface area contributed by atoms with Crippen molar-refractivity contribution >= 4 is 39.1 Å². The molecule has 0 bridgehead atoms. The van der Waals surface area contributed by atoms with Crippen LogP contribution in [0.15, 0.2) is 47.4 Å². The van der Waals surface area contributed by atoms with Gasteiger partial charge in [0.25, 0.3) is 0 Å². The predicted octanol–water partition coefficient (Wildman–Crippen LogP) is 3.10. The van der Waals surface area contributed by atoms with E-state index in [2.05, 4.69) is 0 Å². The molecule has 1 heterocycles. The van der Waals surface area contributed by atoms with Gasteiger partial charge in [-0.05, 0) is 31.3 Å². The van der Waals surface area contributed by atoms with Gasteiger partial charge in [-0.25, -0.2) is 12.8 Å². The van der Waals surface area contributed by atoms with E-state index in [1.807, 2.05) is 0 Å². The molecule has 0 atom stereocenters. The Balaban J connectivity index is 1.57. The summed E-state index contributed by atoms with van der Waals surface area (Å²) in [6, 6.07) is 10.8. The SMILES string of the molecule is CN(CC(=O)N1CCN(S(=O)(=O)c2ccccc2Cl)CC1)Cc1c(F)cccc1Cl. The van der Waals surface area contributed by atoms with E-state index in [0.717, 1.165) is 0 Å². The third kappa shape index (κ3) is 5.12. The van der Waals surface area contributed by atoms with Crippen LogP contribution in [0.4, 0.5) is 4.39 Å². The first-order valence-corrected chi connectivity index (χ1v) is 11.5. The lowest BCUT2D eigenvalue weighted by atomic mass is 10.2. The highest BCUT2D eigenvalue weighted by molar-refractivity contribution is 7.89. The maximum absolute atomic E-state index is 13.9. The van der Waals surface area contributed by atoms with Gasteiger partial charge in [-0.2, -0.15) is 4.31 Å². The van der Waals surface area contributed by atoms with Crippen LogP contribution in [0, 0.1) is 5.82 Å². The fraction of sp³-hybridized carbons (Fsp3) is 0.350. The van der Waals surface area contributed by atoms with Gasteiger partial charge in [-0.1, -0.05) is 41.4 Å². The first kappa shape index (κ1) is 23.0. The van der Waals surface area contributed by atoms with Gasteiger partial charge < -0.3 is 4.90 Å². The normalized spacial score (nSPS) is 15.6. The first-order chi connectivity index (χ1) is 14.2. The molecule has 162 valence electrons. The molecule has 1 saturated heterocycles. The second kappa shape index (κ2) is 9.62. The van der Waals surface area contributed by atoms with Crippen LogP contribution < -0.4 is 0 Å². The van der Waals surface area contributed by atoms with Gasteiger partial charge in [-0.3, -0.25) is 9.69 Å². The molecular weight excluding hydrogens is 452 g/mol. The maximum atomic E-state index is 13.9. The summed E-state index contributed by atoms with van der Waals surface area (Å²) < 4.78 is 40.9. The highest BCUT2D eigenvalue weighted by Gasteiger charge is 2.31. The van der Waals surface area contributed by atoms with Crippen molar-refractivity contribution in [2.75, 3.05) is 39.8 Å². The molecule has 0 aliphatic carbocycles. The average molecular weight is 474 g/mol. The number of amides is 1. The number of likely N-dealkylation sites (N-methyl/N-ethyl adjacent to an activating group) is 1. The summed E-state index contributed by atoms with van der Waals surface area (Å²) in [4.78, 5) is 16.0. The minimum absolute atomic E-state index is 0.0629. The Morgan fingerprint density at radius 1 is 1.03 bits per heavy atom. The second-order valence-corrected chi connectivity index (χ2v) is 9.81. The Morgan fingerprint density at radius 2 is 1.67 bits per heavy atom. The predicted molar refractivity (Wildman–Crippen MR) is 115 cm³/mol. The van der Waals surface area contributed by atoms with Crippen molar-refractivity contribution in [2.45, 2.75) is 11.4 Å². The molecule has 1 aliphatic heterocycles. The van der Waals surface area contributed by atoms with Gasteiger partial charge in [0.2, 0.25) is 15.9 Å². The van der Waals surface area contributed by atoms with E-state index in [0.29, 0.717) is 10.6 Å². The van der Waals surface area contributed by atoms with Crippen LogP contribution in [-0.4, -0.2) is 68.2 Å². The van der Waals surface area contributed by atoms with Gasteiger partial charge in [0.1, 0.15) is 10.7 Å². The Hall–Kier alpha value is -1.71. The summed E-state index contributed by atoms with van der Waals surface area (Å²) in [5.41, 5.74) is 0.338. The number of rotatable bonds is 6. The van der Waals surface area contributed by atoms with E-state index in [1.165, 1.54) is 28.6 Å². The lowest BCUT2D eigenvalue weighted by Gasteiger charge is -2.35. The molecule has 2 aromatic carbocycles. The van der Waals surface area contributed by atoms with E-state index in [4.69, 9.17) is 23.2 Å². The van der Waals surface area contributed by atoms with Crippen molar-refractivity contribution in [3.63, 3.8) is 0 Å². The van der Waals surface area contributed by atoms with Crippen LogP contribution in [0.1, 0.15) is 5.56 Å². The molecule has 3 rings (SSSR count). The fourth-order valence-electron chi connectivity index (χ4n) is 3.31. The highest BCUT2D eigenvalue weighted by Crippen LogP contribution is 2.25. The van der Waals surface area contributed by atoms with Gasteiger partial charge in [0, 0.05) is 43.3 Å². The standard InChI is InChI=1S/C20H22Cl2FN3O3S/c1-24(13-15-16(21)6-4-7-18(15)23)14-20(27)25-9-11-26(12-10-25)30(28,29)19-8-3-2-5-17(19)22/h2-8H,9-14H2,1H3. The number of sulfonamides is 1. The third-order valence-corrected chi connectivity index (χ3v) is 7.69. The zero-order valence-corrected chi connectivity index (χ0v) is 18.7. The number of hydrogen-bond donors (Lipinski definition) is 0. The number of carbonyl (C=O) groups is 1. The van der Waals surface area contributed by atoms with Gasteiger partial charge in [0.15, 0.2) is 0 Å². The first-order valence-electron chi connectivity index (χ1n) is 9.34. The Morgan fingerprint density at radius 3 is 2.30 bits per heavy atom. The summed E-state index contributed by atoms with van der Waals surface area (Å²) in [5.74, 6) is -0.569. The summed E-state index contributed by atoms with van der Waals surface area (Å²) in [7, 11) is -2.01. The molecule has 0 spiro atoms. The molecule has 0 saturated carbocycles. The summed E-state index contributed by atoms with van der Waals surface area (Å²) in [6.45, 7) is 1.18. The number of carbonyl (C=O) groups excluding carboxylic acids is 1. The highest BCUT2D eigenvalue weighted by atomic mass is 35.5. The smallest absolute Gasteiger partial charge is 0.244 e. The molecular formula is C20H22Cl2FN3O3S. The molecule has 0 radical (unpaired) electrons. The lowest BCUT2D eigenvalue weighted by Crippen LogP contribution is -2.52. The monoisotopic (exact) mass is 473 g/mol. The minimum Gasteiger partial charge on any atom is -0.339 e. The van der Waals surface area contributed by atoms with Crippen molar-refractivity contribution < 1.29 is 17.6 Å². The minimum atomic E-state index is -3.72. The Labute approximate surface area is 185 Å². The van der Waals surface area contributed by atoms with E-state index in [1.54, 1.807) is 35.0 Å². The number of piperazine rings is 1. The molecule has 0 N–H and O–H groups in total. The number of halogens is 3. The molecule has 10 heteroatoms. The van der Waals surface area contributed by atoms with Gasteiger partial charge in [-0.15, -0.1) is 0 Å². The molecule has 1 fully saturated rings. The van der Waals surface area contributed by atoms with E-state index >= 15 is 0 Å². The summed E-state index contributed by atoms with van der Waals surface area (Å²) in [5, 5.41) is 0.483. The van der Waals surface area contributed by atoms with Crippen molar-refractivity contribution in [3.05, 3.63) is 63.9 Å². The third-order valence-electron chi connectivity index (χ3n) is 4.94. The quantitative estimate of drug-likeness (QED) is 0.646. The lowest BCUT2D eigenvalue weighted by molar-refractivity contribution is -0.133. The van der Waals surface area contributed by atoms with Crippen molar-refractivity contribution in [3.8, 4) is 0 Å². The molecule has 1 aliphatic rings. The van der Waals surface area contributed by atoms with Crippen LogP contribution in [-0.2, 0) is 21.4 Å². The van der Waals surface area contributed by atoms with Crippen LogP contribution >= 0.6 is 23.2 Å². The topological polar surface area (TPSA) is 60.9 Å². The fourth-order valence-corrected chi connectivity index (χ4v) is 5.45. The van der Waals surface area contributed by atoms with Crippen LogP contribution in [0.3, 0.4) is 0 Å². The number of nitrogens with zero attached hydrogens (tertiary/aromatic N) is 3. The molecule has 2 aromatic rings. The molecule has 1 amide bonds. The largest absolute Gasteiger partial charge is 0.339 e. The summed E-state index contributed by atoms with van der Waals surface area (Å²) in [6.07, 6.45) is 0. The second-order valence-electron chi connectivity index (χ2n) is 7.09. The average Bonchev–Trinajstić information content (AvgIpc) is 2.71. The van der Waals surface area contributed by atoms with Gasteiger partial charge in [0.05, 0.1) is 11.6 Å². The number of benzene rings is 2. The van der Waals surface area contributed by atoms with E-state index in [-0.39, 0.29) is 55.1 Å². The van der Waals surface area contributed by atoms with E-state index < -0.39 is 15.8 Å². The van der Waals surface area contributed by atoms with E-state index in [9.17, 15) is 17.6 Å². The van der Waals surface area contributed by atoms with Crippen LogP contribution in [0.5, 0.6) is 0 Å².